The van der Waals surface area contributed by atoms with Gasteiger partial charge in [-0.3, -0.25) is 4.98 Å². The largest absolute Gasteiger partial charge is 0.261 e. The first-order valence-electron chi connectivity index (χ1n) is 3.61. The van der Waals surface area contributed by atoms with Crippen LogP contribution in [0.2, 0.25) is 0 Å². The van der Waals surface area contributed by atoms with E-state index in [1.54, 1.807) is 0 Å². The highest BCUT2D eigenvalue weighted by atomic mass is 14.7. The van der Waals surface area contributed by atoms with Gasteiger partial charge < -0.3 is 0 Å². The van der Waals surface area contributed by atoms with Gasteiger partial charge >= 0.3 is 0 Å². The Morgan fingerprint density at radius 1 is 1.50 bits per heavy atom. The Labute approximate surface area is 61.1 Å². The topological polar surface area (TPSA) is 12.9 Å². The second-order valence-electron chi connectivity index (χ2n) is 2.55. The minimum absolute atomic E-state index is 0.529. The van der Waals surface area contributed by atoms with Gasteiger partial charge in [-0.25, -0.2) is 0 Å². The lowest BCUT2D eigenvalue weighted by atomic mass is 9.83. The summed E-state index contributed by atoms with van der Waals surface area (Å²) in [6.07, 6.45) is 7.52. The molecule has 0 bridgehead atoms. The Hall–Kier alpha value is -0.850. The third kappa shape index (κ3) is 0.919. The smallest absolute Gasteiger partial charge is 0.0440 e. The minimum atomic E-state index is 0.529. The first kappa shape index (κ1) is 5.90. The van der Waals surface area contributed by atoms with Crippen molar-refractivity contribution in [2.45, 2.75) is 18.8 Å². The van der Waals surface area contributed by atoms with E-state index in [-0.39, 0.29) is 0 Å². The molecule has 10 heavy (non-hydrogen) atoms. The van der Waals surface area contributed by atoms with Crippen molar-refractivity contribution in [3.05, 3.63) is 36.5 Å². The molecule has 1 heterocycles. The molecule has 0 aliphatic heterocycles. The second-order valence-corrected chi connectivity index (χ2v) is 2.55. The molecule has 0 spiro atoms. The van der Waals surface area contributed by atoms with Gasteiger partial charge in [0, 0.05) is 17.8 Å². The van der Waals surface area contributed by atoms with Crippen LogP contribution in [0.5, 0.6) is 0 Å². The number of hydrogen-bond acceptors (Lipinski definition) is 1. The summed E-state index contributed by atoms with van der Waals surface area (Å²) < 4.78 is 0. The second kappa shape index (κ2) is 2.41. The molecule has 1 aliphatic rings. The summed E-state index contributed by atoms with van der Waals surface area (Å²) in [7, 11) is 0. The maximum absolute atomic E-state index is 4.24. The summed E-state index contributed by atoms with van der Waals surface area (Å²) in [6, 6.07) is 6.04. The van der Waals surface area contributed by atoms with E-state index in [1.807, 2.05) is 18.3 Å². The van der Waals surface area contributed by atoms with Crippen molar-refractivity contribution < 1.29 is 0 Å². The highest BCUT2D eigenvalue weighted by Gasteiger charge is 2.20. The third-order valence-electron chi connectivity index (χ3n) is 1.87. The molecule has 1 aromatic rings. The molecule has 0 N–H and O–H groups in total. The van der Waals surface area contributed by atoms with Gasteiger partial charge in [-0.1, -0.05) is 6.07 Å². The molecular formula is C9H9N. The van der Waals surface area contributed by atoms with E-state index in [9.17, 15) is 0 Å². The van der Waals surface area contributed by atoms with Crippen molar-refractivity contribution in [1.82, 2.24) is 4.98 Å². The number of nitrogens with zero attached hydrogens (tertiary/aromatic N) is 1. The van der Waals surface area contributed by atoms with Crippen LogP contribution in [0.25, 0.3) is 0 Å². The van der Waals surface area contributed by atoms with Crippen molar-refractivity contribution in [3.63, 3.8) is 0 Å². The zero-order chi connectivity index (χ0) is 6.81. The number of hydrogen-bond donors (Lipinski definition) is 0. The van der Waals surface area contributed by atoms with Gasteiger partial charge in [0.1, 0.15) is 0 Å². The van der Waals surface area contributed by atoms with E-state index in [0.717, 1.165) is 6.42 Å². The molecule has 1 nitrogen and oxygen atoms in total. The molecule has 1 atom stereocenters. The molecule has 0 amide bonds. The van der Waals surface area contributed by atoms with Crippen LogP contribution in [0.3, 0.4) is 0 Å². The molecule has 1 saturated carbocycles. The average Bonchev–Trinajstić information content (AvgIpc) is 1.86. The Bertz CT molecular complexity index is 201. The summed E-state index contributed by atoms with van der Waals surface area (Å²) in [4.78, 5) is 4.24. The average molecular weight is 131 g/mol. The summed E-state index contributed by atoms with van der Waals surface area (Å²) in [5.74, 6) is 0.529. The summed E-state index contributed by atoms with van der Waals surface area (Å²) in [6.45, 7) is 0. The van der Waals surface area contributed by atoms with Gasteiger partial charge in [0.2, 0.25) is 0 Å². The molecule has 1 heteroatoms. The molecule has 1 unspecified atom stereocenters. The lowest BCUT2D eigenvalue weighted by molar-refractivity contribution is 0.541. The third-order valence-corrected chi connectivity index (χ3v) is 1.87. The van der Waals surface area contributed by atoms with Crippen LogP contribution in [0, 0.1) is 6.42 Å². The molecule has 50 valence electrons. The van der Waals surface area contributed by atoms with E-state index in [1.165, 1.54) is 12.1 Å². The van der Waals surface area contributed by atoms with Gasteiger partial charge in [0.05, 0.1) is 0 Å². The van der Waals surface area contributed by atoms with Crippen LogP contribution in [0.1, 0.15) is 24.5 Å². The maximum Gasteiger partial charge on any atom is 0.0440 e. The first-order valence-corrected chi connectivity index (χ1v) is 3.61. The molecule has 1 aliphatic carbocycles. The van der Waals surface area contributed by atoms with Crippen molar-refractivity contribution >= 4 is 0 Å². The van der Waals surface area contributed by atoms with Crippen LogP contribution in [0.15, 0.2) is 24.4 Å². The number of rotatable bonds is 1. The molecule has 0 aromatic carbocycles. The quantitative estimate of drug-likeness (QED) is 0.568. The summed E-state index contributed by atoms with van der Waals surface area (Å²) in [5.41, 5.74) is 1.17. The van der Waals surface area contributed by atoms with Gasteiger partial charge in [0.25, 0.3) is 0 Å². The van der Waals surface area contributed by atoms with E-state index in [4.69, 9.17) is 0 Å². The Morgan fingerprint density at radius 3 is 2.90 bits per heavy atom. The predicted molar refractivity (Wildman–Crippen MR) is 39.5 cm³/mol. The first-order chi connectivity index (χ1) is 4.97. The fraction of sp³-hybridized carbons (Fsp3) is 0.333. The molecule has 1 aromatic heterocycles. The van der Waals surface area contributed by atoms with Crippen LogP contribution < -0.4 is 0 Å². The van der Waals surface area contributed by atoms with Gasteiger partial charge in [-0.05, 0) is 31.4 Å². The van der Waals surface area contributed by atoms with Gasteiger partial charge in [-0.15, -0.1) is 0 Å². The highest BCUT2D eigenvalue weighted by molar-refractivity contribution is 5.17. The number of pyridine rings is 1. The Kier molecular flexibility index (Phi) is 1.42. The van der Waals surface area contributed by atoms with E-state index >= 15 is 0 Å². The van der Waals surface area contributed by atoms with Crippen LogP contribution >= 0.6 is 0 Å². The predicted octanol–water partition coefficient (Wildman–Crippen LogP) is 2.04. The van der Waals surface area contributed by atoms with E-state index in [0.29, 0.717) is 5.92 Å². The molecule has 1 fully saturated rings. The maximum atomic E-state index is 4.24. The zero-order valence-corrected chi connectivity index (χ0v) is 5.75. The molecule has 2 radical (unpaired) electrons. The number of aromatic nitrogens is 1. The summed E-state index contributed by atoms with van der Waals surface area (Å²) in [5, 5.41) is 0. The standard InChI is InChI=1S/C9H9N/c1-2-7-10-9(6-1)8-4-3-5-8/h1-2,6-8H,3-4H2. The van der Waals surface area contributed by atoms with E-state index in [2.05, 4.69) is 17.5 Å². The van der Waals surface area contributed by atoms with Crippen LogP contribution in [-0.4, -0.2) is 4.98 Å². The molecule has 0 saturated heterocycles. The minimum Gasteiger partial charge on any atom is -0.261 e. The van der Waals surface area contributed by atoms with Crippen molar-refractivity contribution in [3.8, 4) is 0 Å². The van der Waals surface area contributed by atoms with Crippen molar-refractivity contribution in [2.75, 3.05) is 0 Å². The van der Waals surface area contributed by atoms with E-state index < -0.39 is 0 Å². The Balaban J connectivity index is 2.18. The zero-order valence-electron chi connectivity index (χ0n) is 5.75. The van der Waals surface area contributed by atoms with Crippen LogP contribution in [0.4, 0.5) is 0 Å². The van der Waals surface area contributed by atoms with Gasteiger partial charge in [0.15, 0.2) is 0 Å². The van der Waals surface area contributed by atoms with Crippen molar-refractivity contribution in [2.24, 2.45) is 0 Å². The monoisotopic (exact) mass is 131 g/mol. The Morgan fingerprint density at radius 2 is 2.40 bits per heavy atom. The van der Waals surface area contributed by atoms with Crippen LogP contribution in [-0.2, 0) is 0 Å². The fourth-order valence-electron chi connectivity index (χ4n) is 1.12. The fourth-order valence-corrected chi connectivity index (χ4v) is 1.12. The highest BCUT2D eigenvalue weighted by Crippen LogP contribution is 2.33. The normalized spacial score (nSPS) is 18.4. The lowest BCUT2D eigenvalue weighted by Gasteiger charge is -2.23. The summed E-state index contributed by atoms with van der Waals surface area (Å²) >= 11 is 0. The SMILES string of the molecule is [C]1CCC1c1ccccn1. The molecule has 2 rings (SSSR count). The van der Waals surface area contributed by atoms with Crippen molar-refractivity contribution in [1.29, 1.82) is 0 Å². The van der Waals surface area contributed by atoms with Gasteiger partial charge in [-0.2, -0.15) is 0 Å². The lowest BCUT2D eigenvalue weighted by Crippen LogP contribution is -2.10. The molecular weight excluding hydrogens is 122 g/mol.